The van der Waals surface area contributed by atoms with E-state index in [4.69, 9.17) is 4.42 Å². The molecule has 3 heterocycles. The summed E-state index contributed by atoms with van der Waals surface area (Å²) in [5.74, 6) is -0.0780. The van der Waals surface area contributed by atoms with Crippen LogP contribution < -0.4 is 10.9 Å². The van der Waals surface area contributed by atoms with Crippen molar-refractivity contribution in [2.24, 2.45) is 0 Å². The largest absolute Gasteiger partial charge is 0.459 e. The van der Waals surface area contributed by atoms with Crippen molar-refractivity contribution in [3.63, 3.8) is 0 Å². The van der Waals surface area contributed by atoms with Crippen molar-refractivity contribution in [1.29, 1.82) is 0 Å². The minimum atomic E-state index is -0.396. The van der Waals surface area contributed by atoms with Gasteiger partial charge in [0.15, 0.2) is 5.76 Å². The van der Waals surface area contributed by atoms with Crippen LogP contribution in [0.3, 0.4) is 0 Å². The Hall–Kier alpha value is -3.72. The number of H-pyrrole nitrogens is 1. The summed E-state index contributed by atoms with van der Waals surface area (Å²) in [4.78, 5) is 45.9. The topological polar surface area (TPSA) is 108 Å². The molecule has 152 valence electrons. The van der Waals surface area contributed by atoms with E-state index >= 15 is 0 Å². The number of benzene rings is 1. The van der Waals surface area contributed by atoms with Gasteiger partial charge in [-0.1, -0.05) is 6.07 Å². The van der Waals surface area contributed by atoms with Crippen molar-refractivity contribution >= 4 is 39.1 Å². The second kappa shape index (κ2) is 7.96. The summed E-state index contributed by atoms with van der Waals surface area (Å²) in [6.45, 7) is 1.97. The molecular weight excluding hydrogens is 404 g/mol. The SMILES string of the molecule is Cc1ccc(C(=O)N(C)Cc2nc3ccsc3c(=O)[nH]2)cc1NC(=O)c1ccco1. The zero-order chi connectivity index (χ0) is 21.3. The second-order valence-electron chi connectivity index (χ2n) is 6.77. The Balaban J connectivity index is 1.53. The van der Waals surface area contributed by atoms with Gasteiger partial charge >= 0.3 is 0 Å². The van der Waals surface area contributed by atoms with Gasteiger partial charge in [0.2, 0.25) is 0 Å². The molecule has 0 radical (unpaired) electrons. The predicted octanol–water partition coefficient (Wildman–Crippen LogP) is 3.41. The molecule has 0 atom stereocenters. The number of nitrogens with one attached hydrogen (secondary N) is 2. The molecule has 0 bridgehead atoms. The molecule has 0 spiro atoms. The summed E-state index contributed by atoms with van der Waals surface area (Å²) in [5, 5.41) is 4.56. The molecule has 0 aliphatic rings. The molecule has 0 saturated carbocycles. The van der Waals surface area contributed by atoms with Crippen molar-refractivity contribution in [3.05, 3.63) is 81.1 Å². The van der Waals surface area contributed by atoms with Crippen LogP contribution in [-0.4, -0.2) is 33.7 Å². The maximum Gasteiger partial charge on any atom is 0.291 e. The predicted molar refractivity (Wildman–Crippen MR) is 114 cm³/mol. The highest BCUT2D eigenvalue weighted by Gasteiger charge is 2.17. The normalized spacial score (nSPS) is 10.9. The number of thiophene rings is 1. The zero-order valence-corrected chi connectivity index (χ0v) is 17.1. The third-order valence-corrected chi connectivity index (χ3v) is 5.48. The Kier molecular flexibility index (Phi) is 5.20. The van der Waals surface area contributed by atoms with Gasteiger partial charge in [0, 0.05) is 18.3 Å². The number of amides is 2. The first-order valence-corrected chi connectivity index (χ1v) is 9.97. The average molecular weight is 422 g/mol. The van der Waals surface area contributed by atoms with Crippen molar-refractivity contribution < 1.29 is 14.0 Å². The molecule has 1 aromatic carbocycles. The van der Waals surface area contributed by atoms with E-state index in [0.29, 0.717) is 27.3 Å². The van der Waals surface area contributed by atoms with E-state index in [9.17, 15) is 14.4 Å². The van der Waals surface area contributed by atoms with Crippen LogP contribution in [0.4, 0.5) is 5.69 Å². The monoisotopic (exact) mass is 422 g/mol. The number of nitrogens with zero attached hydrogens (tertiary/aromatic N) is 2. The molecule has 8 nitrogen and oxygen atoms in total. The fourth-order valence-corrected chi connectivity index (χ4v) is 3.72. The van der Waals surface area contributed by atoms with Gasteiger partial charge < -0.3 is 19.6 Å². The lowest BCUT2D eigenvalue weighted by atomic mass is 10.1. The van der Waals surface area contributed by atoms with Gasteiger partial charge in [0.05, 0.1) is 18.3 Å². The minimum absolute atomic E-state index is 0.141. The summed E-state index contributed by atoms with van der Waals surface area (Å²) in [7, 11) is 1.63. The van der Waals surface area contributed by atoms with Crippen molar-refractivity contribution in [1.82, 2.24) is 14.9 Å². The Morgan fingerprint density at radius 1 is 1.27 bits per heavy atom. The number of fused-ring (bicyclic) bond motifs is 1. The van der Waals surface area contributed by atoms with Gasteiger partial charge in [-0.05, 0) is 48.2 Å². The van der Waals surface area contributed by atoms with Gasteiger partial charge in [-0.25, -0.2) is 4.98 Å². The van der Waals surface area contributed by atoms with E-state index in [0.717, 1.165) is 5.56 Å². The van der Waals surface area contributed by atoms with Gasteiger partial charge in [-0.3, -0.25) is 14.4 Å². The molecule has 4 rings (SSSR count). The Morgan fingerprint density at radius 2 is 2.10 bits per heavy atom. The number of aromatic nitrogens is 2. The first kappa shape index (κ1) is 19.6. The highest BCUT2D eigenvalue weighted by Crippen LogP contribution is 2.20. The number of carbonyl (C=O) groups excluding carboxylic acids is 2. The van der Waals surface area contributed by atoms with E-state index in [1.165, 1.54) is 22.5 Å². The number of aryl methyl sites for hydroxylation is 1. The first-order chi connectivity index (χ1) is 14.4. The quantitative estimate of drug-likeness (QED) is 0.512. The van der Waals surface area contributed by atoms with Gasteiger partial charge in [0.25, 0.3) is 17.4 Å². The van der Waals surface area contributed by atoms with E-state index in [1.807, 2.05) is 6.92 Å². The number of anilines is 1. The molecule has 0 aliphatic heterocycles. The summed E-state index contributed by atoms with van der Waals surface area (Å²) >= 11 is 1.32. The third-order valence-electron chi connectivity index (χ3n) is 4.58. The lowest BCUT2D eigenvalue weighted by molar-refractivity contribution is 0.0781. The molecular formula is C21H18N4O4S. The fourth-order valence-electron chi connectivity index (χ4n) is 2.99. The van der Waals surface area contributed by atoms with Crippen LogP contribution in [0, 0.1) is 6.92 Å². The number of furan rings is 1. The number of rotatable bonds is 5. The average Bonchev–Trinajstić information content (AvgIpc) is 3.41. The standard InChI is InChI=1S/C21H18N4O4S/c1-12-5-6-13(10-15(12)23-19(26)16-4-3-8-29-16)21(28)25(2)11-17-22-14-7-9-30-18(14)20(27)24-17/h3-10H,11H2,1-2H3,(H,23,26)(H,22,24,27). The molecule has 9 heteroatoms. The van der Waals surface area contributed by atoms with Crippen LogP contribution in [-0.2, 0) is 6.54 Å². The van der Waals surface area contributed by atoms with Crippen LogP contribution in [0.1, 0.15) is 32.3 Å². The van der Waals surface area contributed by atoms with Crippen molar-refractivity contribution in [3.8, 4) is 0 Å². The lowest BCUT2D eigenvalue weighted by Crippen LogP contribution is -2.28. The molecule has 4 aromatic rings. The number of aromatic amines is 1. The van der Waals surface area contributed by atoms with E-state index in [1.54, 1.807) is 48.8 Å². The van der Waals surface area contributed by atoms with E-state index in [-0.39, 0.29) is 23.8 Å². The van der Waals surface area contributed by atoms with Crippen LogP contribution in [0.5, 0.6) is 0 Å². The Morgan fingerprint density at radius 3 is 2.87 bits per heavy atom. The maximum atomic E-state index is 12.9. The van der Waals surface area contributed by atoms with Crippen LogP contribution in [0.15, 0.2) is 57.3 Å². The van der Waals surface area contributed by atoms with Crippen LogP contribution >= 0.6 is 11.3 Å². The lowest BCUT2D eigenvalue weighted by Gasteiger charge is -2.18. The number of hydrogen-bond donors (Lipinski definition) is 2. The summed E-state index contributed by atoms with van der Waals surface area (Å²) in [6.07, 6.45) is 1.42. The molecule has 2 amide bonds. The summed E-state index contributed by atoms with van der Waals surface area (Å²) in [5.41, 5.74) is 2.11. The van der Waals surface area contributed by atoms with Gasteiger partial charge in [-0.2, -0.15) is 0 Å². The molecule has 0 unspecified atom stereocenters. The second-order valence-corrected chi connectivity index (χ2v) is 7.69. The number of carbonyl (C=O) groups is 2. The minimum Gasteiger partial charge on any atom is -0.459 e. The van der Waals surface area contributed by atoms with Crippen molar-refractivity contribution in [2.75, 3.05) is 12.4 Å². The smallest absolute Gasteiger partial charge is 0.291 e. The molecule has 3 aromatic heterocycles. The van der Waals surface area contributed by atoms with E-state index < -0.39 is 5.91 Å². The van der Waals surface area contributed by atoms with E-state index in [2.05, 4.69) is 15.3 Å². The zero-order valence-electron chi connectivity index (χ0n) is 16.3. The highest BCUT2D eigenvalue weighted by atomic mass is 32.1. The summed E-state index contributed by atoms with van der Waals surface area (Å²) in [6, 6.07) is 10.0. The number of hydrogen-bond acceptors (Lipinski definition) is 6. The molecule has 0 aliphatic carbocycles. The molecule has 30 heavy (non-hydrogen) atoms. The van der Waals surface area contributed by atoms with Gasteiger partial charge in [-0.15, -0.1) is 11.3 Å². The van der Waals surface area contributed by atoms with Crippen molar-refractivity contribution in [2.45, 2.75) is 13.5 Å². The van der Waals surface area contributed by atoms with Gasteiger partial charge in [0.1, 0.15) is 10.5 Å². The Labute approximate surface area is 175 Å². The molecule has 2 N–H and O–H groups in total. The molecule has 0 fully saturated rings. The highest BCUT2D eigenvalue weighted by molar-refractivity contribution is 7.17. The maximum absolute atomic E-state index is 12.9. The third kappa shape index (κ3) is 3.87. The molecule has 0 saturated heterocycles. The van der Waals surface area contributed by atoms with Crippen LogP contribution in [0.2, 0.25) is 0 Å². The summed E-state index contributed by atoms with van der Waals surface area (Å²) < 4.78 is 5.66. The Bertz CT molecular complexity index is 1290. The fraction of sp³-hybridized carbons (Fsp3) is 0.143. The van der Waals surface area contributed by atoms with Crippen LogP contribution in [0.25, 0.3) is 10.2 Å². The first-order valence-electron chi connectivity index (χ1n) is 9.10.